The first kappa shape index (κ1) is 17.4. The molecule has 0 bridgehead atoms. The third kappa shape index (κ3) is 3.97. The lowest BCUT2D eigenvalue weighted by Crippen LogP contribution is -2.16. The van der Waals surface area contributed by atoms with Crippen LogP contribution in [0.3, 0.4) is 0 Å². The van der Waals surface area contributed by atoms with Crippen LogP contribution in [0.2, 0.25) is 0 Å². The van der Waals surface area contributed by atoms with E-state index in [1.807, 2.05) is 12.1 Å². The molecule has 0 saturated heterocycles. The van der Waals surface area contributed by atoms with E-state index in [-0.39, 0.29) is 11.3 Å². The van der Waals surface area contributed by atoms with Gasteiger partial charge in [-0.3, -0.25) is 4.79 Å². The molecule has 0 aliphatic heterocycles. The number of carbonyl (C=O) groups is 2. The largest absolute Gasteiger partial charge is 0.478 e. The van der Waals surface area contributed by atoms with E-state index >= 15 is 0 Å². The van der Waals surface area contributed by atoms with Crippen molar-refractivity contribution in [1.82, 2.24) is 5.43 Å². The Morgan fingerprint density at radius 3 is 2.52 bits per heavy atom. The monoisotopic (exact) mass is 464 g/mol. The predicted octanol–water partition coefficient (Wildman–Crippen LogP) is 4.42. The number of rotatable bonds is 4. The van der Waals surface area contributed by atoms with Crippen molar-refractivity contribution >= 4 is 60.9 Å². The van der Waals surface area contributed by atoms with E-state index in [9.17, 15) is 9.59 Å². The molecule has 3 aromatic rings. The van der Waals surface area contributed by atoms with E-state index < -0.39 is 11.9 Å². The number of carboxylic acid groups (broad SMARTS) is 1. The molecule has 0 atom stereocenters. The first-order valence-corrected chi connectivity index (χ1v) is 8.58. The van der Waals surface area contributed by atoms with Crippen LogP contribution in [0, 0.1) is 0 Å². The summed E-state index contributed by atoms with van der Waals surface area (Å²) in [6, 6.07) is 11.4. The standard InChI is InChI=1S/C17H10Br2N2O4/c18-12-5-11-6-14(25-15(11)13(19)7-12)16(22)21-20-8-9-1-3-10(4-2-9)17(23)24/h1-8H,(H,21,22)(H,23,24)/b20-8-. The normalized spacial score (nSPS) is 11.1. The van der Waals surface area contributed by atoms with Crippen molar-refractivity contribution in [2.45, 2.75) is 0 Å². The molecule has 1 aromatic heterocycles. The number of aromatic carboxylic acids is 1. The number of halogens is 2. The molecule has 25 heavy (non-hydrogen) atoms. The summed E-state index contributed by atoms with van der Waals surface area (Å²) in [5.41, 5.74) is 3.78. The Labute approximate surface area is 158 Å². The highest BCUT2D eigenvalue weighted by atomic mass is 79.9. The van der Waals surface area contributed by atoms with Crippen LogP contribution in [0.15, 0.2) is 60.9 Å². The topological polar surface area (TPSA) is 91.9 Å². The van der Waals surface area contributed by atoms with Crippen LogP contribution in [-0.4, -0.2) is 23.2 Å². The summed E-state index contributed by atoms with van der Waals surface area (Å²) >= 11 is 6.76. The highest BCUT2D eigenvalue weighted by molar-refractivity contribution is 9.11. The Morgan fingerprint density at radius 2 is 1.84 bits per heavy atom. The van der Waals surface area contributed by atoms with E-state index in [1.165, 1.54) is 18.3 Å². The van der Waals surface area contributed by atoms with Gasteiger partial charge in [0.15, 0.2) is 5.76 Å². The number of carbonyl (C=O) groups excluding carboxylic acids is 1. The molecule has 6 nitrogen and oxygen atoms in total. The Morgan fingerprint density at radius 1 is 1.12 bits per heavy atom. The van der Waals surface area contributed by atoms with Gasteiger partial charge in [-0.1, -0.05) is 28.1 Å². The summed E-state index contributed by atoms with van der Waals surface area (Å²) in [5.74, 6) is -1.36. The Bertz CT molecular complexity index is 994. The number of nitrogens with zero attached hydrogens (tertiary/aromatic N) is 1. The van der Waals surface area contributed by atoms with Crippen LogP contribution in [0.4, 0.5) is 0 Å². The smallest absolute Gasteiger partial charge is 0.335 e. The minimum absolute atomic E-state index is 0.132. The van der Waals surface area contributed by atoms with Crippen LogP contribution >= 0.6 is 31.9 Å². The second-order valence-corrected chi connectivity index (χ2v) is 6.81. The van der Waals surface area contributed by atoms with E-state index in [1.54, 1.807) is 18.2 Å². The minimum Gasteiger partial charge on any atom is -0.478 e. The maximum absolute atomic E-state index is 12.1. The van der Waals surface area contributed by atoms with Gasteiger partial charge in [0.05, 0.1) is 16.3 Å². The van der Waals surface area contributed by atoms with E-state index in [0.717, 1.165) is 14.3 Å². The molecule has 0 saturated carbocycles. The first-order valence-electron chi connectivity index (χ1n) is 6.99. The lowest BCUT2D eigenvalue weighted by atomic mass is 10.1. The molecule has 3 rings (SSSR count). The van der Waals surface area contributed by atoms with Gasteiger partial charge in [-0.15, -0.1) is 0 Å². The number of hydrazone groups is 1. The quantitative estimate of drug-likeness (QED) is 0.440. The summed E-state index contributed by atoms with van der Waals surface area (Å²) in [6.45, 7) is 0. The van der Waals surface area contributed by atoms with Gasteiger partial charge >= 0.3 is 11.9 Å². The van der Waals surface area contributed by atoms with Crippen molar-refractivity contribution in [3.8, 4) is 0 Å². The van der Waals surface area contributed by atoms with Crippen LogP contribution in [0.25, 0.3) is 11.0 Å². The zero-order valence-electron chi connectivity index (χ0n) is 12.5. The number of benzene rings is 2. The highest BCUT2D eigenvalue weighted by Crippen LogP contribution is 2.30. The van der Waals surface area contributed by atoms with Crippen LogP contribution in [0.1, 0.15) is 26.5 Å². The second kappa shape index (κ2) is 7.20. The molecule has 0 aliphatic rings. The van der Waals surface area contributed by atoms with Crippen LogP contribution in [-0.2, 0) is 0 Å². The molecule has 8 heteroatoms. The maximum Gasteiger partial charge on any atom is 0.335 e. The van der Waals surface area contributed by atoms with Gasteiger partial charge in [-0.05, 0) is 51.8 Å². The van der Waals surface area contributed by atoms with Crippen LogP contribution < -0.4 is 5.43 Å². The van der Waals surface area contributed by atoms with Crippen molar-refractivity contribution < 1.29 is 19.1 Å². The van der Waals surface area contributed by atoms with Crippen molar-refractivity contribution in [2.24, 2.45) is 5.10 Å². The van der Waals surface area contributed by atoms with Crippen molar-refractivity contribution in [3.05, 3.63) is 68.3 Å². The third-order valence-corrected chi connectivity index (χ3v) is 4.34. The number of fused-ring (bicyclic) bond motifs is 1. The van der Waals surface area contributed by atoms with Gasteiger partial charge in [0.25, 0.3) is 0 Å². The molecular formula is C17H10Br2N2O4. The zero-order chi connectivity index (χ0) is 18.0. The molecule has 0 unspecified atom stereocenters. The number of carboxylic acids is 1. The number of nitrogens with one attached hydrogen (secondary N) is 1. The summed E-state index contributed by atoms with van der Waals surface area (Å²) in [4.78, 5) is 22.9. The molecule has 2 aromatic carbocycles. The van der Waals surface area contributed by atoms with E-state index in [2.05, 4.69) is 42.4 Å². The fourth-order valence-electron chi connectivity index (χ4n) is 2.12. The van der Waals surface area contributed by atoms with Gasteiger partial charge in [0.1, 0.15) is 5.58 Å². The number of amides is 1. The van der Waals surface area contributed by atoms with Gasteiger partial charge in [0.2, 0.25) is 0 Å². The SMILES string of the molecule is O=C(O)c1ccc(/C=N\NC(=O)c2cc3cc(Br)cc(Br)c3o2)cc1. The maximum atomic E-state index is 12.1. The van der Waals surface area contributed by atoms with Crippen molar-refractivity contribution in [1.29, 1.82) is 0 Å². The van der Waals surface area contributed by atoms with E-state index in [0.29, 0.717) is 11.1 Å². The lowest BCUT2D eigenvalue weighted by molar-refractivity contribution is 0.0696. The van der Waals surface area contributed by atoms with E-state index in [4.69, 9.17) is 9.52 Å². The van der Waals surface area contributed by atoms with Crippen LogP contribution in [0.5, 0.6) is 0 Å². The molecule has 2 N–H and O–H groups in total. The molecule has 126 valence electrons. The first-order chi connectivity index (χ1) is 11.9. The number of furan rings is 1. The average molecular weight is 466 g/mol. The molecule has 1 heterocycles. The predicted molar refractivity (Wildman–Crippen MR) is 100 cm³/mol. The summed E-state index contributed by atoms with van der Waals surface area (Å²) < 4.78 is 7.14. The molecule has 0 fully saturated rings. The minimum atomic E-state index is -1.00. The number of hydrogen-bond acceptors (Lipinski definition) is 4. The molecule has 1 amide bonds. The Balaban J connectivity index is 1.72. The van der Waals surface area contributed by atoms with Crippen molar-refractivity contribution in [2.75, 3.05) is 0 Å². The van der Waals surface area contributed by atoms with Gasteiger partial charge in [0, 0.05) is 9.86 Å². The van der Waals surface area contributed by atoms with Gasteiger partial charge in [-0.25, -0.2) is 10.2 Å². The van der Waals surface area contributed by atoms with Gasteiger partial charge in [-0.2, -0.15) is 5.10 Å². The summed E-state index contributed by atoms with van der Waals surface area (Å²) in [5, 5.41) is 13.5. The summed E-state index contributed by atoms with van der Waals surface area (Å²) in [7, 11) is 0. The van der Waals surface area contributed by atoms with Gasteiger partial charge < -0.3 is 9.52 Å². The van der Waals surface area contributed by atoms with Crippen molar-refractivity contribution in [3.63, 3.8) is 0 Å². The fourth-order valence-corrected chi connectivity index (χ4v) is 3.46. The Hall–Kier alpha value is -2.45. The summed E-state index contributed by atoms with van der Waals surface area (Å²) in [6.07, 6.45) is 1.42. The second-order valence-electron chi connectivity index (χ2n) is 5.04. The number of hydrogen-bond donors (Lipinski definition) is 2. The Kier molecular flexibility index (Phi) is 5.00. The third-order valence-electron chi connectivity index (χ3n) is 3.30. The average Bonchev–Trinajstić information content (AvgIpc) is 2.99. The molecule has 0 spiro atoms. The fraction of sp³-hybridized carbons (Fsp3) is 0. The molecule has 0 radical (unpaired) electrons. The lowest BCUT2D eigenvalue weighted by Gasteiger charge is -1.97. The zero-order valence-corrected chi connectivity index (χ0v) is 15.7. The molecular weight excluding hydrogens is 456 g/mol. The molecule has 0 aliphatic carbocycles. The highest BCUT2D eigenvalue weighted by Gasteiger charge is 2.14.